The maximum atomic E-state index is 14.7. The Bertz CT molecular complexity index is 1510. The molecule has 1 saturated heterocycles. The molecule has 1 saturated carbocycles. The van der Waals surface area contributed by atoms with Crippen LogP contribution in [-0.2, 0) is 27.5 Å². The minimum atomic E-state index is -4.71. The predicted molar refractivity (Wildman–Crippen MR) is 128 cm³/mol. The Morgan fingerprint density at radius 3 is 2.38 bits per heavy atom. The van der Waals surface area contributed by atoms with Crippen molar-refractivity contribution in [1.82, 2.24) is 24.6 Å². The van der Waals surface area contributed by atoms with Gasteiger partial charge < -0.3 is 5.32 Å². The first-order valence-corrected chi connectivity index (χ1v) is 13.4. The van der Waals surface area contributed by atoms with Gasteiger partial charge in [0, 0.05) is 42.7 Å². The molecule has 0 radical (unpaired) electrons. The number of rotatable bonds is 6. The van der Waals surface area contributed by atoms with E-state index in [-0.39, 0.29) is 40.6 Å². The third-order valence-electron chi connectivity index (χ3n) is 6.79. The summed E-state index contributed by atoms with van der Waals surface area (Å²) in [5, 5.41) is 2.72. The topological polar surface area (TPSA) is 105 Å². The molecular weight excluding hydrogens is 569 g/mol. The summed E-state index contributed by atoms with van der Waals surface area (Å²) in [6, 6.07) is 3.49. The number of nitrogens with one attached hydrogen (secondary N) is 1. The monoisotopic (exact) mass is 587 g/mol. The van der Waals surface area contributed by atoms with Crippen LogP contribution < -0.4 is 5.32 Å². The number of benzene rings is 1. The van der Waals surface area contributed by atoms with E-state index in [1.807, 2.05) is 0 Å². The van der Waals surface area contributed by atoms with Crippen molar-refractivity contribution in [2.75, 3.05) is 0 Å². The first-order chi connectivity index (χ1) is 18.4. The Morgan fingerprint density at radius 1 is 1.08 bits per heavy atom. The van der Waals surface area contributed by atoms with E-state index in [1.165, 1.54) is 12.3 Å². The quantitative estimate of drug-likeness (QED) is 0.435. The fraction of sp³-hybridized carbons (Fsp3) is 0.333. The first-order valence-electron chi connectivity index (χ1n) is 11.6. The molecule has 206 valence electrons. The molecule has 0 spiro atoms. The Balaban J connectivity index is 1.36. The molecule has 1 aromatic carbocycles. The zero-order valence-corrected chi connectivity index (χ0v) is 21.3. The molecule has 3 aromatic rings. The van der Waals surface area contributed by atoms with E-state index in [4.69, 9.17) is 11.6 Å². The Labute approximate surface area is 224 Å². The third kappa shape index (κ3) is 5.20. The number of hydrogen-bond acceptors (Lipinski definition) is 6. The SMILES string of the molecule is O=C(NCc1cc(-c2cnc(C(F)(F)F)nc2)ncc1Cl)C1C2CC(CC2F)N1S(=O)(=O)c1ccc(F)cc1. The van der Waals surface area contributed by atoms with Crippen molar-refractivity contribution in [3.63, 3.8) is 0 Å². The number of carbonyl (C=O) groups is 1. The van der Waals surface area contributed by atoms with Crippen LogP contribution in [0.3, 0.4) is 0 Å². The van der Waals surface area contributed by atoms with E-state index >= 15 is 0 Å². The molecule has 39 heavy (non-hydrogen) atoms. The number of halogens is 6. The van der Waals surface area contributed by atoms with Crippen molar-refractivity contribution in [2.45, 2.75) is 48.7 Å². The van der Waals surface area contributed by atoms with Gasteiger partial charge in [-0.1, -0.05) is 11.6 Å². The number of pyridine rings is 1. The van der Waals surface area contributed by atoms with Crippen LogP contribution >= 0.6 is 11.6 Å². The van der Waals surface area contributed by atoms with Crippen LogP contribution in [0.4, 0.5) is 22.0 Å². The number of amides is 1. The summed E-state index contributed by atoms with van der Waals surface area (Å²) in [4.78, 5) is 23.7. The first kappa shape index (κ1) is 27.3. The van der Waals surface area contributed by atoms with Crippen molar-refractivity contribution < 1.29 is 35.2 Å². The van der Waals surface area contributed by atoms with Crippen molar-refractivity contribution >= 4 is 27.5 Å². The summed E-state index contributed by atoms with van der Waals surface area (Å²) >= 11 is 6.20. The molecule has 4 atom stereocenters. The molecule has 4 unspecified atom stereocenters. The lowest BCUT2D eigenvalue weighted by Gasteiger charge is -2.34. The number of piperidine rings is 1. The number of aromatic nitrogens is 3. The van der Waals surface area contributed by atoms with Gasteiger partial charge in [-0.3, -0.25) is 9.78 Å². The van der Waals surface area contributed by atoms with Crippen molar-refractivity contribution in [3.8, 4) is 11.3 Å². The standard InChI is InChI=1S/C24H19ClF5N5O3S/c25-18-11-31-20(13-9-33-23(34-10-13)24(28,29)30)5-12(18)8-32-22(36)21-17-6-15(7-19(17)27)35(21)39(37,38)16-3-1-14(26)2-4-16/h1-5,9-11,15,17,19,21H,6-8H2,(H,32,36). The minimum Gasteiger partial charge on any atom is -0.351 e. The summed E-state index contributed by atoms with van der Waals surface area (Å²) in [6.07, 6.45) is -2.85. The summed E-state index contributed by atoms with van der Waals surface area (Å²) in [7, 11) is -4.24. The van der Waals surface area contributed by atoms with Gasteiger partial charge >= 0.3 is 6.18 Å². The molecule has 1 N–H and O–H groups in total. The van der Waals surface area contributed by atoms with Crippen LogP contribution in [0, 0.1) is 11.7 Å². The second-order valence-electron chi connectivity index (χ2n) is 9.21. The van der Waals surface area contributed by atoms with E-state index in [1.54, 1.807) is 0 Å². The van der Waals surface area contributed by atoms with E-state index in [0.717, 1.165) is 41.0 Å². The fourth-order valence-corrected chi connectivity index (χ4v) is 7.00. The van der Waals surface area contributed by atoms with Crippen LogP contribution in [0.15, 0.2) is 53.8 Å². The molecule has 1 aliphatic carbocycles. The maximum Gasteiger partial charge on any atom is 0.451 e. The predicted octanol–water partition coefficient (Wildman–Crippen LogP) is 4.16. The number of carbonyl (C=O) groups excluding carboxylic acids is 1. The van der Waals surface area contributed by atoms with Gasteiger partial charge in [-0.2, -0.15) is 17.5 Å². The molecule has 2 aliphatic rings. The van der Waals surface area contributed by atoms with Gasteiger partial charge in [0.05, 0.1) is 15.6 Å². The van der Waals surface area contributed by atoms with Gasteiger partial charge in [0.15, 0.2) is 0 Å². The molecule has 2 bridgehead atoms. The maximum absolute atomic E-state index is 14.7. The third-order valence-corrected chi connectivity index (χ3v) is 9.08. The van der Waals surface area contributed by atoms with Gasteiger partial charge in [0.25, 0.3) is 0 Å². The highest BCUT2D eigenvalue weighted by molar-refractivity contribution is 7.89. The molecule has 5 rings (SSSR count). The van der Waals surface area contributed by atoms with Crippen LogP contribution in [0.2, 0.25) is 5.02 Å². The molecule has 2 aromatic heterocycles. The number of sulfonamides is 1. The van der Waals surface area contributed by atoms with Crippen LogP contribution in [0.5, 0.6) is 0 Å². The second-order valence-corrected chi connectivity index (χ2v) is 11.5. The average molecular weight is 588 g/mol. The lowest BCUT2D eigenvalue weighted by Crippen LogP contribution is -2.54. The van der Waals surface area contributed by atoms with Crippen LogP contribution in [0.25, 0.3) is 11.3 Å². The molecule has 3 heterocycles. The van der Waals surface area contributed by atoms with Gasteiger partial charge in [-0.25, -0.2) is 27.2 Å². The Kier molecular flexibility index (Phi) is 7.06. The van der Waals surface area contributed by atoms with Gasteiger partial charge in [0.1, 0.15) is 18.0 Å². The minimum absolute atomic E-state index is 0.0520. The highest BCUT2D eigenvalue weighted by Crippen LogP contribution is 2.47. The number of fused-ring (bicyclic) bond motifs is 2. The average Bonchev–Trinajstić information content (AvgIpc) is 3.45. The Hall–Kier alpha value is -3.23. The lowest BCUT2D eigenvalue weighted by atomic mass is 9.97. The van der Waals surface area contributed by atoms with Gasteiger partial charge in [0.2, 0.25) is 21.8 Å². The molecule has 1 aliphatic heterocycles. The zero-order valence-electron chi connectivity index (χ0n) is 19.7. The van der Waals surface area contributed by atoms with Crippen molar-refractivity contribution in [3.05, 3.63) is 71.2 Å². The molecular formula is C24H19ClF5N5O3S. The Morgan fingerprint density at radius 2 is 1.74 bits per heavy atom. The zero-order chi connectivity index (χ0) is 28.1. The summed E-state index contributed by atoms with van der Waals surface area (Å²) in [5.74, 6) is -3.56. The van der Waals surface area contributed by atoms with Crippen LogP contribution in [0.1, 0.15) is 24.2 Å². The number of alkyl halides is 4. The number of nitrogens with zero attached hydrogens (tertiary/aromatic N) is 4. The largest absolute Gasteiger partial charge is 0.451 e. The van der Waals surface area contributed by atoms with Gasteiger partial charge in [-0.15, -0.1) is 0 Å². The molecule has 1 amide bonds. The number of hydrogen-bond donors (Lipinski definition) is 1. The van der Waals surface area contributed by atoms with E-state index in [0.29, 0.717) is 5.56 Å². The normalized spacial score (nSPS) is 23.2. The molecule has 8 nitrogen and oxygen atoms in total. The lowest BCUT2D eigenvalue weighted by molar-refractivity contribution is -0.145. The molecule has 15 heteroatoms. The van der Waals surface area contributed by atoms with E-state index < -0.39 is 57.9 Å². The highest BCUT2D eigenvalue weighted by Gasteiger charge is 2.58. The van der Waals surface area contributed by atoms with E-state index in [9.17, 15) is 35.2 Å². The summed E-state index contributed by atoms with van der Waals surface area (Å²) in [5.41, 5.74) is 0.668. The van der Waals surface area contributed by atoms with Gasteiger partial charge in [-0.05, 0) is 48.7 Å². The summed E-state index contributed by atoms with van der Waals surface area (Å²) < 4.78 is 94.0. The second kappa shape index (κ2) is 10.1. The van der Waals surface area contributed by atoms with Crippen molar-refractivity contribution in [2.24, 2.45) is 5.92 Å². The smallest absolute Gasteiger partial charge is 0.351 e. The highest BCUT2D eigenvalue weighted by atomic mass is 35.5. The van der Waals surface area contributed by atoms with E-state index in [2.05, 4.69) is 20.3 Å². The molecule has 2 fully saturated rings. The van der Waals surface area contributed by atoms with Crippen LogP contribution in [-0.4, -0.2) is 51.8 Å². The fourth-order valence-electron chi connectivity index (χ4n) is 4.99. The van der Waals surface area contributed by atoms with Crippen molar-refractivity contribution in [1.29, 1.82) is 0 Å². The summed E-state index contributed by atoms with van der Waals surface area (Å²) in [6.45, 7) is -0.204.